The first-order chi connectivity index (χ1) is 10.6. The van der Waals surface area contributed by atoms with E-state index in [9.17, 15) is 4.79 Å². The molecule has 2 aromatic carbocycles. The van der Waals surface area contributed by atoms with Gasteiger partial charge in [-0.2, -0.15) is 0 Å². The highest BCUT2D eigenvalue weighted by Crippen LogP contribution is 2.23. The zero-order valence-corrected chi connectivity index (χ0v) is 14.2. The van der Waals surface area contributed by atoms with E-state index >= 15 is 0 Å². The van der Waals surface area contributed by atoms with Crippen molar-refractivity contribution in [2.75, 3.05) is 5.32 Å². The fourth-order valence-corrected chi connectivity index (χ4v) is 3.35. The van der Waals surface area contributed by atoms with Gasteiger partial charge in [0.2, 0.25) is 5.91 Å². The first kappa shape index (κ1) is 16.6. The van der Waals surface area contributed by atoms with Gasteiger partial charge in [-0.25, -0.2) is 0 Å². The average Bonchev–Trinajstić information content (AvgIpc) is 2.52. The maximum atomic E-state index is 12.5. The lowest BCUT2D eigenvalue weighted by atomic mass is 10.1. The van der Waals surface area contributed by atoms with Crippen LogP contribution in [0.3, 0.4) is 0 Å². The van der Waals surface area contributed by atoms with E-state index in [2.05, 4.69) is 37.4 Å². The third-order valence-electron chi connectivity index (χ3n) is 3.60. The molecule has 0 aromatic heterocycles. The van der Waals surface area contributed by atoms with E-state index in [1.165, 1.54) is 11.1 Å². The molecule has 1 atom stereocenters. The minimum atomic E-state index is -0.0269. The number of carbonyl (C=O) groups excluding carboxylic acids is 1. The molecule has 1 amide bonds. The molecule has 0 heterocycles. The van der Waals surface area contributed by atoms with Crippen LogP contribution in [0.5, 0.6) is 0 Å². The average molecular weight is 313 g/mol. The number of hydrogen-bond donors (Lipinski definition) is 1. The van der Waals surface area contributed by atoms with Crippen molar-refractivity contribution < 1.29 is 4.79 Å². The highest BCUT2D eigenvalue weighted by Gasteiger charge is 2.17. The monoisotopic (exact) mass is 313 g/mol. The zero-order chi connectivity index (χ0) is 15.9. The van der Waals surface area contributed by atoms with E-state index in [0.29, 0.717) is 0 Å². The molecule has 1 N–H and O–H groups in total. The number of benzene rings is 2. The second kappa shape index (κ2) is 8.04. The van der Waals surface area contributed by atoms with Crippen molar-refractivity contribution in [3.05, 3.63) is 65.2 Å². The zero-order valence-electron chi connectivity index (χ0n) is 13.4. The summed E-state index contributed by atoms with van der Waals surface area (Å²) in [6.45, 7) is 6.15. The molecule has 2 aromatic rings. The van der Waals surface area contributed by atoms with Crippen LogP contribution >= 0.6 is 11.8 Å². The lowest BCUT2D eigenvalue weighted by Gasteiger charge is -2.16. The minimum Gasteiger partial charge on any atom is -0.325 e. The Kier molecular flexibility index (Phi) is 6.08. The predicted molar refractivity (Wildman–Crippen MR) is 96.4 cm³/mol. The fourth-order valence-electron chi connectivity index (χ4n) is 2.32. The van der Waals surface area contributed by atoms with Crippen molar-refractivity contribution in [1.29, 1.82) is 0 Å². The van der Waals surface area contributed by atoms with Crippen molar-refractivity contribution in [1.82, 2.24) is 0 Å². The van der Waals surface area contributed by atoms with Gasteiger partial charge < -0.3 is 5.32 Å². The van der Waals surface area contributed by atoms with Crippen LogP contribution in [-0.4, -0.2) is 11.2 Å². The van der Waals surface area contributed by atoms with Crippen LogP contribution < -0.4 is 5.32 Å². The first-order valence-electron chi connectivity index (χ1n) is 7.63. The molecular weight excluding hydrogens is 290 g/mol. The first-order valence-corrected chi connectivity index (χ1v) is 8.68. The minimum absolute atomic E-state index is 0.0269. The molecule has 2 rings (SSSR count). The van der Waals surface area contributed by atoms with Crippen molar-refractivity contribution in [3.8, 4) is 0 Å². The second-order valence-corrected chi connectivity index (χ2v) is 6.69. The number of thioether (sulfide) groups is 1. The van der Waals surface area contributed by atoms with Crippen molar-refractivity contribution in [3.63, 3.8) is 0 Å². The van der Waals surface area contributed by atoms with Crippen molar-refractivity contribution in [2.45, 2.75) is 38.2 Å². The predicted octanol–water partition coefficient (Wildman–Crippen LogP) is 4.95. The largest absolute Gasteiger partial charge is 0.325 e. The SMILES string of the molecule is CCC(SCc1ccccc1)C(=O)Nc1ccc(C)cc1C. The molecule has 0 saturated carbocycles. The number of anilines is 1. The van der Waals surface area contributed by atoms with Crippen molar-refractivity contribution >= 4 is 23.4 Å². The summed E-state index contributed by atoms with van der Waals surface area (Å²) in [5.74, 6) is 0.954. The summed E-state index contributed by atoms with van der Waals surface area (Å²) in [5, 5.41) is 3.04. The lowest BCUT2D eigenvalue weighted by Crippen LogP contribution is -2.25. The van der Waals surface area contributed by atoms with Gasteiger partial charge >= 0.3 is 0 Å². The smallest absolute Gasteiger partial charge is 0.237 e. The van der Waals surface area contributed by atoms with Gasteiger partial charge in [0.15, 0.2) is 0 Å². The quantitative estimate of drug-likeness (QED) is 0.817. The Labute approximate surface area is 137 Å². The number of carbonyl (C=O) groups is 1. The molecule has 0 radical (unpaired) electrons. The summed E-state index contributed by atoms with van der Waals surface area (Å²) in [6, 6.07) is 16.4. The third-order valence-corrected chi connectivity index (χ3v) is 5.05. The molecule has 0 bridgehead atoms. The van der Waals surface area contributed by atoms with Crippen LogP contribution in [0.15, 0.2) is 48.5 Å². The van der Waals surface area contributed by atoms with Gasteiger partial charge in [-0.15, -0.1) is 11.8 Å². The van der Waals surface area contributed by atoms with Gasteiger partial charge in [-0.1, -0.05) is 55.0 Å². The van der Waals surface area contributed by atoms with E-state index in [1.54, 1.807) is 11.8 Å². The Morgan fingerprint density at radius 3 is 2.50 bits per heavy atom. The van der Waals surface area contributed by atoms with E-state index in [1.807, 2.05) is 37.3 Å². The van der Waals surface area contributed by atoms with Gasteiger partial charge in [-0.05, 0) is 37.5 Å². The number of hydrogen-bond acceptors (Lipinski definition) is 2. The fraction of sp³-hybridized carbons (Fsp3) is 0.316. The molecule has 2 nitrogen and oxygen atoms in total. The highest BCUT2D eigenvalue weighted by molar-refractivity contribution is 7.99. The summed E-state index contributed by atoms with van der Waals surface area (Å²) < 4.78 is 0. The maximum absolute atomic E-state index is 12.5. The molecule has 0 spiro atoms. The Hall–Kier alpha value is -1.74. The number of amides is 1. The molecule has 0 fully saturated rings. The van der Waals surface area contributed by atoms with Gasteiger partial charge in [0, 0.05) is 11.4 Å². The molecular formula is C19H23NOS. The number of aryl methyl sites for hydroxylation is 2. The standard InChI is InChI=1S/C19H23NOS/c1-4-18(22-13-16-8-6-5-7-9-16)19(21)20-17-11-10-14(2)12-15(17)3/h5-12,18H,4,13H2,1-3H3,(H,20,21). The Bertz CT molecular complexity index is 625. The second-order valence-electron chi connectivity index (χ2n) is 5.50. The van der Waals surface area contributed by atoms with Gasteiger partial charge in [0.05, 0.1) is 5.25 Å². The number of rotatable bonds is 6. The third kappa shape index (κ3) is 4.63. The van der Waals surface area contributed by atoms with Gasteiger partial charge in [0.1, 0.15) is 0 Å². The van der Waals surface area contributed by atoms with Crippen LogP contribution in [0.2, 0.25) is 0 Å². The summed E-state index contributed by atoms with van der Waals surface area (Å²) in [7, 11) is 0. The molecule has 0 aliphatic heterocycles. The molecule has 1 unspecified atom stereocenters. The molecule has 0 aliphatic carbocycles. The topological polar surface area (TPSA) is 29.1 Å². The normalized spacial score (nSPS) is 12.0. The van der Waals surface area contributed by atoms with Crippen LogP contribution in [0.1, 0.15) is 30.0 Å². The van der Waals surface area contributed by atoms with E-state index in [0.717, 1.165) is 23.4 Å². The number of nitrogens with one attached hydrogen (secondary N) is 1. The molecule has 0 aliphatic rings. The highest BCUT2D eigenvalue weighted by atomic mass is 32.2. The summed E-state index contributed by atoms with van der Waals surface area (Å²) >= 11 is 1.70. The molecule has 0 saturated heterocycles. The molecule has 22 heavy (non-hydrogen) atoms. The Morgan fingerprint density at radius 2 is 1.86 bits per heavy atom. The van der Waals surface area contributed by atoms with Crippen molar-refractivity contribution in [2.24, 2.45) is 0 Å². The van der Waals surface area contributed by atoms with E-state index in [-0.39, 0.29) is 11.2 Å². The lowest BCUT2D eigenvalue weighted by molar-refractivity contribution is -0.115. The van der Waals surface area contributed by atoms with Gasteiger partial charge in [0.25, 0.3) is 0 Å². The summed E-state index contributed by atoms with van der Waals surface area (Å²) in [5.41, 5.74) is 4.48. The van der Waals surface area contributed by atoms with E-state index < -0.39 is 0 Å². The Balaban J connectivity index is 1.96. The van der Waals surface area contributed by atoms with E-state index in [4.69, 9.17) is 0 Å². The Morgan fingerprint density at radius 1 is 1.14 bits per heavy atom. The van der Waals surface area contributed by atoms with Crippen LogP contribution in [-0.2, 0) is 10.5 Å². The molecule has 116 valence electrons. The maximum Gasteiger partial charge on any atom is 0.237 e. The summed E-state index contributed by atoms with van der Waals surface area (Å²) in [4.78, 5) is 12.5. The molecule has 3 heteroatoms. The van der Waals surface area contributed by atoms with Gasteiger partial charge in [-0.3, -0.25) is 4.79 Å². The van der Waals surface area contributed by atoms with Crippen LogP contribution in [0.4, 0.5) is 5.69 Å². The van der Waals surface area contributed by atoms with Crippen LogP contribution in [0.25, 0.3) is 0 Å². The summed E-state index contributed by atoms with van der Waals surface area (Å²) in [6.07, 6.45) is 0.828. The van der Waals surface area contributed by atoms with Crippen LogP contribution in [0, 0.1) is 13.8 Å².